The van der Waals surface area contributed by atoms with Gasteiger partial charge in [-0.25, -0.2) is 8.42 Å². The maximum Gasteiger partial charge on any atom is 0.243 e. The van der Waals surface area contributed by atoms with Gasteiger partial charge in [0.05, 0.1) is 30.7 Å². The molecule has 1 unspecified atom stereocenters. The van der Waals surface area contributed by atoms with Gasteiger partial charge < -0.3 is 14.1 Å². The van der Waals surface area contributed by atoms with Crippen LogP contribution < -0.4 is 4.74 Å². The van der Waals surface area contributed by atoms with Crippen LogP contribution in [-0.4, -0.2) is 43.7 Å². The van der Waals surface area contributed by atoms with Crippen LogP contribution in [0.5, 0.6) is 5.75 Å². The zero-order valence-corrected chi connectivity index (χ0v) is 19.4. The van der Waals surface area contributed by atoms with Crippen molar-refractivity contribution in [3.8, 4) is 5.75 Å². The Hall–Kier alpha value is -3.10. The van der Waals surface area contributed by atoms with Crippen molar-refractivity contribution in [2.45, 2.75) is 30.8 Å². The molecule has 1 aliphatic heterocycles. The van der Waals surface area contributed by atoms with Crippen molar-refractivity contribution in [2.75, 3.05) is 20.2 Å². The van der Waals surface area contributed by atoms with Crippen LogP contribution in [0.15, 0.2) is 82.3 Å². The van der Waals surface area contributed by atoms with E-state index in [9.17, 15) is 13.2 Å². The predicted octanol–water partition coefficient (Wildman–Crippen LogP) is 3.92. The van der Waals surface area contributed by atoms with E-state index in [1.54, 1.807) is 29.4 Å². The molecule has 2 aromatic carbocycles. The Kier molecular flexibility index (Phi) is 7.15. The number of carbonyl (C=O) groups excluding carboxylic acids is 1. The number of carbonyl (C=O) groups is 1. The van der Waals surface area contributed by atoms with Crippen LogP contribution in [0.4, 0.5) is 0 Å². The highest BCUT2D eigenvalue weighted by molar-refractivity contribution is 7.89. The van der Waals surface area contributed by atoms with Gasteiger partial charge >= 0.3 is 0 Å². The molecule has 0 aliphatic carbocycles. The van der Waals surface area contributed by atoms with Crippen molar-refractivity contribution < 1.29 is 22.4 Å². The average molecular weight is 469 g/mol. The van der Waals surface area contributed by atoms with Gasteiger partial charge in [0.15, 0.2) is 0 Å². The first-order valence-electron chi connectivity index (χ1n) is 11.0. The topological polar surface area (TPSA) is 80.1 Å². The van der Waals surface area contributed by atoms with Crippen LogP contribution in [0.25, 0.3) is 0 Å². The second-order valence-corrected chi connectivity index (χ2v) is 10.1. The van der Waals surface area contributed by atoms with Crippen molar-refractivity contribution >= 4 is 15.9 Å². The molecule has 3 aromatic rings. The van der Waals surface area contributed by atoms with E-state index in [0.29, 0.717) is 44.0 Å². The van der Waals surface area contributed by atoms with Crippen LogP contribution in [-0.2, 0) is 27.9 Å². The lowest BCUT2D eigenvalue weighted by atomic mass is 9.97. The first-order chi connectivity index (χ1) is 16.0. The molecule has 174 valence electrons. The smallest absolute Gasteiger partial charge is 0.243 e. The maximum absolute atomic E-state index is 13.6. The van der Waals surface area contributed by atoms with E-state index in [2.05, 4.69) is 0 Å². The first-order valence-corrected chi connectivity index (χ1v) is 12.4. The van der Waals surface area contributed by atoms with Crippen LogP contribution in [0.1, 0.15) is 24.2 Å². The summed E-state index contributed by atoms with van der Waals surface area (Å²) in [4.78, 5) is 15.5. The molecule has 7 nitrogen and oxygen atoms in total. The molecule has 0 spiro atoms. The third-order valence-electron chi connectivity index (χ3n) is 5.89. The highest BCUT2D eigenvalue weighted by Crippen LogP contribution is 2.27. The van der Waals surface area contributed by atoms with Gasteiger partial charge in [0.25, 0.3) is 0 Å². The lowest BCUT2D eigenvalue weighted by Crippen LogP contribution is -2.46. The van der Waals surface area contributed by atoms with E-state index in [1.807, 2.05) is 36.4 Å². The summed E-state index contributed by atoms with van der Waals surface area (Å²) < 4.78 is 38.5. The van der Waals surface area contributed by atoms with E-state index in [4.69, 9.17) is 9.15 Å². The van der Waals surface area contributed by atoms with Gasteiger partial charge in [0.2, 0.25) is 15.9 Å². The largest absolute Gasteiger partial charge is 0.497 e. The molecule has 1 aliphatic rings. The Bertz CT molecular complexity index is 1150. The second kappa shape index (κ2) is 10.2. The van der Waals surface area contributed by atoms with E-state index >= 15 is 0 Å². The number of hydrogen-bond donors (Lipinski definition) is 0. The van der Waals surface area contributed by atoms with Gasteiger partial charge in [-0.05, 0) is 54.8 Å². The zero-order valence-electron chi connectivity index (χ0n) is 18.6. The van der Waals surface area contributed by atoms with Crippen molar-refractivity contribution in [2.24, 2.45) is 5.92 Å². The third-order valence-corrected chi connectivity index (χ3v) is 7.76. The Balaban J connectivity index is 1.52. The Morgan fingerprint density at radius 2 is 1.82 bits per heavy atom. The molecular formula is C25H28N2O5S. The molecule has 8 heteroatoms. The van der Waals surface area contributed by atoms with E-state index in [0.717, 1.165) is 5.56 Å². The number of rotatable bonds is 8. The molecule has 0 N–H and O–H groups in total. The van der Waals surface area contributed by atoms with Gasteiger partial charge in [-0.3, -0.25) is 4.79 Å². The molecule has 1 saturated heterocycles. The van der Waals surface area contributed by atoms with Crippen molar-refractivity contribution in [1.82, 2.24) is 9.21 Å². The molecule has 0 radical (unpaired) electrons. The lowest BCUT2D eigenvalue weighted by Gasteiger charge is -2.34. The Morgan fingerprint density at radius 1 is 1.06 bits per heavy atom. The van der Waals surface area contributed by atoms with Gasteiger partial charge in [-0.1, -0.05) is 30.3 Å². The fourth-order valence-electron chi connectivity index (χ4n) is 4.12. The van der Waals surface area contributed by atoms with Crippen molar-refractivity contribution in [3.63, 3.8) is 0 Å². The van der Waals surface area contributed by atoms with Crippen LogP contribution >= 0.6 is 0 Å². The molecule has 1 aromatic heterocycles. The van der Waals surface area contributed by atoms with E-state index in [-0.39, 0.29) is 17.3 Å². The lowest BCUT2D eigenvalue weighted by molar-refractivity contribution is -0.138. The summed E-state index contributed by atoms with van der Waals surface area (Å²) in [6, 6.07) is 19.7. The monoisotopic (exact) mass is 468 g/mol. The Labute approximate surface area is 194 Å². The zero-order chi connectivity index (χ0) is 23.3. The SMILES string of the molecule is COc1ccc(S(=O)(=O)N2CCCC(C(=O)N(Cc3ccccc3)Cc3ccco3)C2)cc1. The van der Waals surface area contributed by atoms with Gasteiger partial charge in [-0.15, -0.1) is 0 Å². The summed E-state index contributed by atoms with van der Waals surface area (Å²) in [5, 5.41) is 0. The first kappa shape index (κ1) is 23.1. The molecule has 1 atom stereocenters. The maximum atomic E-state index is 13.6. The fourth-order valence-corrected chi connectivity index (χ4v) is 5.65. The van der Waals surface area contributed by atoms with Gasteiger partial charge in [-0.2, -0.15) is 4.31 Å². The molecule has 0 bridgehead atoms. The summed E-state index contributed by atoms with van der Waals surface area (Å²) in [5.41, 5.74) is 1.01. The number of benzene rings is 2. The molecule has 2 heterocycles. The predicted molar refractivity (Wildman–Crippen MR) is 124 cm³/mol. The highest BCUT2D eigenvalue weighted by atomic mass is 32.2. The number of amides is 1. The molecular weight excluding hydrogens is 440 g/mol. The van der Waals surface area contributed by atoms with Crippen LogP contribution in [0, 0.1) is 5.92 Å². The van der Waals surface area contributed by atoms with E-state index in [1.165, 1.54) is 23.5 Å². The molecule has 0 saturated carbocycles. The quantitative estimate of drug-likeness (QED) is 0.501. The summed E-state index contributed by atoms with van der Waals surface area (Å²) in [5.74, 6) is 0.809. The minimum Gasteiger partial charge on any atom is -0.497 e. The minimum atomic E-state index is -3.70. The fraction of sp³-hybridized carbons (Fsp3) is 0.320. The Morgan fingerprint density at radius 3 is 2.48 bits per heavy atom. The molecule has 4 rings (SSSR count). The van der Waals surface area contributed by atoms with Gasteiger partial charge in [0, 0.05) is 19.6 Å². The summed E-state index contributed by atoms with van der Waals surface area (Å²) in [6.45, 7) is 1.33. The van der Waals surface area contributed by atoms with E-state index < -0.39 is 15.9 Å². The third kappa shape index (κ3) is 5.46. The standard InChI is InChI=1S/C25H28N2O5S/c1-31-22-11-13-24(14-12-22)33(29,30)27-15-5-9-21(18-27)25(28)26(19-23-10-6-16-32-23)17-20-7-3-2-4-8-20/h2-4,6-8,10-14,16,21H,5,9,15,17-19H2,1H3. The normalized spacial score (nSPS) is 16.9. The van der Waals surface area contributed by atoms with Crippen LogP contribution in [0.3, 0.4) is 0 Å². The molecule has 1 amide bonds. The summed E-state index contributed by atoms with van der Waals surface area (Å²) in [7, 11) is -2.16. The minimum absolute atomic E-state index is 0.0649. The number of hydrogen-bond acceptors (Lipinski definition) is 5. The molecule has 33 heavy (non-hydrogen) atoms. The average Bonchev–Trinajstić information content (AvgIpc) is 3.37. The highest BCUT2D eigenvalue weighted by Gasteiger charge is 2.35. The van der Waals surface area contributed by atoms with Gasteiger partial charge in [0.1, 0.15) is 11.5 Å². The number of sulfonamides is 1. The van der Waals surface area contributed by atoms with Crippen LogP contribution in [0.2, 0.25) is 0 Å². The number of nitrogens with zero attached hydrogens (tertiary/aromatic N) is 2. The second-order valence-electron chi connectivity index (χ2n) is 8.14. The number of ether oxygens (including phenoxy) is 1. The molecule has 1 fully saturated rings. The summed E-state index contributed by atoms with van der Waals surface area (Å²) >= 11 is 0. The van der Waals surface area contributed by atoms with Crippen molar-refractivity contribution in [3.05, 3.63) is 84.3 Å². The van der Waals surface area contributed by atoms with Crippen molar-refractivity contribution in [1.29, 1.82) is 0 Å². The number of piperidine rings is 1. The summed E-state index contributed by atoms with van der Waals surface area (Å²) in [6.07, 6.45) is 2.87. The number of methoxy groups -OCH3 is 1. The number of furan rings is 1.